The van der Waals surface area contributed by atoms with Crippen molar-refractivity contribution in [3.63, 3.8) is 0 Å². The van der Waals surface area contributed by atoms with Gasteiger partial charge in [0.05, 0.1) is 64.7 Å². The van der Waals surface area contributed by atoms with Crippen LogP contribution >= 0.6 is 0 Å². The molecular formula is C27H30FN7O4. The number of methoxy groups -OCH3 is 1. The number of aromatic nitrogens is 3. The highest BCUT2D eigenvalue weighted by Gasteiger charge is 2.56. The van der Waals surface area contributed by atoms with Gasteiger partial charge in [0.15, 0.2) is 0 Å². The molecule has 1 spiro atoms. The number of aliphatic hydroxyl groups is 1. The number of fused-ring (bicyclic) bond motifs is 1. The number of anilines is 1. The van der Waals surface area contributed by atoms with Crippen LogP contribution in [0.2, 0.25) is 0 Å². The van der Waals surface area contributed by atoms with Crippen molar-refractivity contribution in [3.8, 4) is 17.5 Å². The van der Waals surface area contributed by atoms with Crippen LogP contribution in [-0.4, -0.2) is 80.2 Å². The standard InChI is InChI=1S/C27H30FN7O4/c1-26(2,38)23(28)15-31-24(36)19-14-30-21(22-5-4-18-8-16(12-29)13-32-35(18)22)9-20(19)33-17-10-27(11-17)6-7-34(27)25(37)39-3/h4-5,8-9,13-14,17,23,38H,6-7,10-11,15H2,1-3H3,(H,30,33)(H,31,36). The molecule has 2 fully saturated rings. The molecule has 1 saturated heterocycles. The average molecular weight is 536 g/mol. The number of halogens is 1. The van der Waals surface area contributed by atoms with E-state index in [1.54, 1.807) is 21.5 Å². The lowest BCUT2D eigenvalue weighted by Gasteiger charge is -2.60. The van der Waals surface area contributed by atoms with Gasteiger partial charge in [-0.15, -0.1) is 0 Å². The Balaban J connectivity index is 1.41. The molecule has 3 N–H and O–H groups in total. The maximum absolute atomic E-state index is 14.3. The first kappa shape index (κ1) is 26.4. The second-order valence-corrected chi connectivity index (χ2v) is 10.7. The van der Waals surface area contributed by atoms with Gasteiger partial charge in [0.25, 0.3) is 5.91 Å². The zero-order chi connectivity index (χ0) is 27.9. The number of nitrogens with zero attached hydrogens (tertiary/aromatic N) is 5. The molecule has 3 aromatic rings. The Morgan fingerprint density at radius 1 is 1.33 bits per heavy atom. The van der Waals surface area contributed by atoms with Gasteiger partial charge >= 0.3 is 6.09 Å². The van der Waals surface area contributed by atoms with Crippen LogP contribution in [0.4, 0.5) is 14.9 Å². The maximum atomic E-state index is 14.3. The number of amides is 2. The SMILES string of the molecule is COC(=O)N1CCC12CC(Nc1cc(-c3ccc4cc(C#N)cnn34)ncc1C(=O)NCC(F)C(C)(C)O)C2. The van der Waals surface area contributed by atoms with E-state index in [-0.39, 0.29) is 29.8 Å². The second kappa shape index (κ2) is 9.81. The minimum absolute atomic E-state index is 0.00933. The first-order chi connectivity index (χ1) is 18.5. The van der Waals surface area contributed by atoms with E-state index >= 15 is 0 Å². The van der Waals surface area contributed by atoms with Crippen molar-refractivity contribution >= 4 is 23.2 Å². The van der Waals surface area contributed by atoms with E-state index < -0.39 is 17.7 Å². The van der Waals surface area contributed by atoms with Crippen LogP contribution in [0.5, 0.6) is 0 Å². The minimum Gasteiger partial charge on any atom is -0.453 e. The molecule has 5 rings (SSSR count). The van der Waals surface area contributed by atoms with Crippen molar-refractivity contribution < 1.29 is 23.8 Å². The molecule has 0 radical (unpaired) electrons. The van der Waals surface area contributed by atoms with Crippen LogP contribution in [0.3, 0.4) is 0 Å². The molecule has 1 aliphatic carbocycles. The summed E-state index contributed by atoms with van der Waals surface area (Å²) in [7, 11) is 1.37. The Morgan fingerprint density at radius 2 is 2.10 bits per heavy atom. The largest absolute Gasteiger partial charge is 0.453 e. The Kier molecular flexibility index (Phi) is 6.64. The molecule has 3 aromatic heterocycles. The number of nitrogens with one attached hydrogen (secondary N) is 2. The number of pyridine rings is 1. The van der Waals surface area contributed by atoms with Crippen LogP contribution in [-0.2, 0) is 4.74 Å². The molecule has 1 atom stereocenters. The normalized spacial score (nSPS) is 21.0. The third-order valence-electron chi connectivity index (χ3n) is 7.63. The Morgan fingerprint density at radius 3 is 2.74 bits per heavy atom. The summed E-state index contributed by atoms with van der Waals surface area (Å²) in [5, 5.41) is 29.4. The highest BCUT2D eigenvalue weighted by atomic mass is 19.1. The van der Waals surface area contributed by atoms with Gasteiger partial charge in [-0.2, -0.15) is 10.4 Å². The molecule has 39 heavy (non-hydrogen) atoms. The fourth-order valence-corrected chi connectivity index (χ4v) is 5.22. The summed E-state index contributed by atoms with van der Waals surface area (Å²) in [6.07, 6.45) is 3.16. The molecule has 1 unspecified atom stereocenters. The average Bonchev–Trinajstić information content (AvgIpc) is 3.30. The molecule has 1 aliphatic heterocycles. The fourth-order valence-electron chi connectivity index (χ4n) is 5.22. The molecular weight excluding hydrogens is 505 g/mol. The lowest BCUT2D eigenvalue weighted by molar-refractivity contribution is -0.0628. The van der Waals surface area contributed by atoms with E-state index in [1.807, 2.05) is 12.1 Å². The first-order valence-corrected chi connectivity index (χ1v) is 12.7. The van der Waals surface area contributed by atoms with Gasteiger partial charge in [0.1, 0.15) is 12.2 Å². The molecule has 4 heterocycles. The van der Waals surface area contributed by atoms with Gasteiger partial charge in [-0.05, 0) is 57.4 Å². The topological polar surface area (TPSA) is 145 Å². The van der Waals surface area contributed by atoms with Crippen molar-refractivity contribution in [2.75, 3.05) is 25.5 Å². The molecule has 204 valence electrons. The molecule has 11 nitrogen and oxygen atoms in total. The van der Waals surface area contributed by atoms with Crippen LogP contribution in [0.1, 0.15) is 49.0 Å². The van der Waals surface area contributed by atoms with Crippen molar-refractivity contribution in [2.24, 2.45) is 0 Å². The summed E-state index contributed by atoms with van der Waals surface area (Å²) in [4.78, 5) is 31.4. The Hall–Kier alpha value is -4.24. The highest BCUT2D eigenvalue weighted by molar-refractivity contribution is 6.00. The van der Waals surface area contributed by atoms with Crippen molar-refractivity contribution in [3.05, 3.63) is 47.8 Å². The summed E-state index contributed by atoms with van der Waals surface area (Å²) in [6, 6.07) is 9.17. The smallest absolute Gasteiger partial charge is 0.409 e. The van der Waals surface area contributed by atoms with Gasteiger partial charge < -0.3 is 25.4 Å². The lowest BCUT2D eigenvalue weighted by Crippen LogP contribution is -2.70. The lowest BCUT2D eigenvalue weighted by atomic mass is 9.65. The summed E-state index contributed by atoms with van der Waals surface area (Å²) in [5.74, 6) is -0.533. The van der Waals surface area contributed by atoms with Crippen molar-refractivity contribution in [1.29, 1.82) is 5.26 Å². The number of nitriles is 1. The molecule has 0 aromatic carbocycles. The summed E-state index contributed by atoms with van der Waals surface area (Å²) >= 11 is 0. The van der Waals surface area contributed by atoms with Crippen LogP contribution < -0.4 is 10.6 Å². The zero-order valence-corrected chi connectivity index (χ0v) is 21.9. The third kappa shape index (κ3) is 4.85. The number of carbonyl (C=O) groups is 2. The van der Waals surface area contributed by atoms with E-state index in [4.69, 9.17) is 4.74 Å². The number of hydrogen-bond acceptors (Lipinski definition) is 8. The Labute approximate surface area is 224 Å². The molecule has 2 aliphatic rings. The van der Waals surface area contributed by atoms with Crippen LogP contribution in [0.25, 0.3) is 16.9 Å². The van der Waals surface area contributed by atoms with Crippen LogP contribution in [0.15, 0.2) is 36.7 Å². The van der Waals surface area contributed by atoms with Gasteiger partial charge in [0.2, 0.25) is 0 Å². The summed E-state index contributed by atoms with van der Waals surface area (Å²) in [6.45, 7) is 2.97. The maximum Gasteiger partial charge on any atom is 0.409 e. The monoisotopic (exact) mass is 535 g/mol. The van der Waals surface area contributed by atoms with Crippen molar-refractivity contribution in [1.82, 2.24) is 24.8 Å². The van der Waals surface area contributed by atoms with Crippen molar-refractivity contribution in [2.45, 2.75) is 56.5 Å². The minimum atomic E-state index is -1.66. The summed E-state index contributed by atoms with van der Waals surface area (Å²) in [5.41, 5.74) is 1.25. The molecule has 1 saturated carbocycles. The number of rotatable bonds is 7. The molecule has 2 amide bonds. The number of ether oxygens (including phenoxy) is 1. The number of alkyl halides is 1. The predicted octanol–water partition coefficient (Wildman–Crippen LogP) is 2.89. The van der Waals surface area contributed by atoms with E-state index in [1.165, 1.54) is 33.4 Å². The fraction of sp³-hybridized carbons (Fsp3) is 0.444. The van der Waals surface area contributed by atoms with E-state index in [0.717, 1.165) is 11.9 Å². The predicted molar refractivity (Wildman–Crippen MR) is 140 cm³/mol. The zero-order valence-electron chi connectivity index (χ0n) is 21.9. The van der Waals surface area contributed by atoms with E-state index in [9.17, 15) is 24.3 Å². The third-order valence-corrected chi connectivity index (χ3v) is 7.63. The van der Waals surface area contributed by atoms with E-state index in [0.29, 0.717) is 42.0 Å². The van der Waals surface area contributed by atoms with Gasteiger partial charge in [-0.25, -0.2) is 13.7 Å². The van der Waals surface area contributed by atoms with Gasteiger partial charge in [-0.3, -0.25) is 9.78 Å². The van der Waals surface area contributed by atoms with Crippen LogP contribution in [0, 0.1) is 11.3 Å². The summed E-state index contributed by atoms with van der Waals surface area (Å²) < 4.78 is 20.9. The van der Waals surface area contributed by atoms with E-state index in [2.05, 4.69) is 26.8 Å². The highest BCUT2D eigenvalue weighted by Crippen LogP contribution is 2.48. The van der Waals surface area contributed by atoms with Gasteiger partial charge in [-0.1, -0.05) is 0 Å². The first-order valence-electron chi connectivity index (χ1n) is 12.7. The second-order valence-electron chi connectivity index (χ2n) is 10.7. The Bertz CT molecular complexity index is 1470. The number of hydrogen-bond donors (Lipinski definition) is 3. The quantitative estimate of drug-likeness (QED) is 0.419. The molecule has 0 bridgehead atoms. The number of carbonyl (C=O) groups excluding carboxylic acids is 2. The van der Waals surface area contributed by atoms with Gasteiger partial charge in [0, 0.05) is 18.8 Å². The number of likely N-dealkylation sites (tertiary alicyclic amines) is 1. The molecule has 12 heteroatoms.